The van der Waals surface area contributed by atoms with Crippen LogP contribution in [0.5, 0.6) is 0 Å². The highest BCUT2D eigenvalue weighted by Crippen LogP contribution is 2.30. The highest BCUT2D eigenvalue weighted by atomic mass is 16.5. The lowest BCUT2D eigenvalue weighted by atomic mass is 9.99. The second-order valence-electron chi connectivity index (χ2n) is 3.48. The van der Waals surface area contributed by atoms with Crippen LogP contribution >= 0.6 is 0 Å². The van der Waals surface area contributed by atoms with Gasteiger partial charge in [-0.2, -0.15) is 0 Å². The molecular weight excluding hydrogens is 166 g/mol. The first-order chi connectivity index (χ1) is 6.07. The highest BCUT2D eigenvalue weighted by Gasteiger charge is 2.30. The van der Waals surface area contributed by atoms with E-state index in [-0.39, 0.29) is 12.0 Å². The summed E-state index contributed by atoms with van der Waals surface area (Å²) < 4.78 is 5.47. The Balaban J connectivity index is 2.75. The fourth-order valence-corrected chi connectivity index (χ4v) is 1.41. The maximum atomic E-state index is 11.5. The lowest BCUT2D eigenvalue weighted by Gasteiger charge is -2.10. The zero-order chi connectivity index (χ0) is 10.0. The standard InChI is InChI=1S/C10H17NO2/c1-5-11-10(12)9-7(3)6(2)8(4)13-9/h6,8H,5H2,1-4H3,(H,11,12)/t6?,8-/m0/s1. The van der Waals surface area contributed by atoms with Crippen LogP contribution in [0.25, 0.3) is 0 Å². The van der Waals surface area contributed by atoms with Crippen LogP contribution < -0.4 is 5.32 Å². The fourth-order valence-electron chi connectivity index (χ4n) is 1.41. The zero-order valence-electron chi connectivity index (χ0n) is 8.68. The molecule has 0 aliphatic carbocycles. The van der Waals surface area contributed by atoms with Gasteiger partial charge in [-0.25, -0.2) is 0 Å². The predicted molar refractivity (Wildman–Crippen MR) is 51.1 cm³/mol. The number of ether oxygens (including phenoxy) is 1. The number of likely N-dealkylation sites (N-methyl/N-ethyl adjacent to an activating group) is 1. The van der Waals surface area contributed by atoms with Crippen molar-refractivity contribution < 1.29 is 9.53 Å². The van der Waals surface area contributed by atoms with Crippen LogP contribution in [-0.4, -0.2) is 18.6 Å². The van der Waals surface area contributed by atoms with E-state index >= 15 is 0 Å². The molecule has 1 aliphatic rings. The van der Waals surface area contributed by atoms with Crippen molar-refractivity contribution in [2.24, 2.45) is 5.92 Å². The maximum absolute atomic E-state index is 11.5. The summed E-state index contributed by atoms with van der Waals surface area (Å²) in [5.41, 5.74) is 1.05. The summed E-state index contributed by atoms with van der Waals surface area (Å²) in [5, 5.41) is 2.74. The lowest BCUT2D eigenvalue weighted by Crippen LogP contribution is -2.25. The maximum Gasteiger partial charge on any atom is 0.286 e. The third-order valence-corrected chi connectivity index (χ3v) is 2.59. The molecule has 0 spiro atoms. The summed E-state index contributed by atoms with van der Waals surface area (Å²) in [6, 6.07) is 0. The predicted octanol–water partition coefficient (Wildman–Crippen LogP) is 1.45. The number of hydrogen-bond acceptors (Lipinski definition) is 2. The summed E-state index contributed by atoms with van der Waals surface area (Å²) >= 11 is 0. The average molecular weight is 183 g/mol. The van der Waals surface area contributed by atoms with Crippen molar-refractivity contribution in [3.63, 3.8) is 0 Å². The van der Waals surface area contributed by atoms with Gasteiger partial charge in [0.25, 0.3) is 5.91 Å². The quantitative estimate of drug-likeness (QED) is 0.703. The molecule has 13 heavy (non-hydrogen) atoms. The molecule has 1 rings (SSSR count). The van der Waals surface area contributed by atoms with Crippen LogP contribution in [0.2, 0.25) is 0 Å². The topological polar surface area (TPSA) is 38.3 Å². The van der Waals surface area contributed by atoms with Crippen LogP contribution in [0.1, 0.15) is 27.7 Å². The normalized spacial score (nSPS) is 27.4. The second-order valence-corrected chi connectivity index (χ2v) is 3.48. The Morgan fingerprint density at radius 1 is 1.54 bits per heavy atom. The largest absolute Gasteiger partial charge is 0.484 e. The molecule has 1 amide bonds. The molecular formula is C10H17NO2. The Kier molecular flexibility index (Phi) is 2.96. The molecule has 1 aliphatic heterocycles. The van der Waals surface area contributed by atoms with Gasteiger partial charge in [0.1, 0.15) is 6.10 Å². The summed E-state index contributed by atoms with van der Waals surface area (Å²) in [4.78, 5) is 11.5. The van der Waals surface area contributed by atoms with Gasteiger partial charge in [-0.15, -0.1) is 0 Å². The molecule has 1 heterocycles. The molecule has 74 valence electrons. The molecule has 0 aromatic carbocycles. The first-order valence-electron chi connectivity index (χ1n) is 4.73. The van der Waals surface area contributed by atoms with E-state index in [2.05, 4.69) is 12.2 Å². The molecule has 0 saturated carbocycles. The van der Waals surface area contributed by atoms with E-state index in [0.717, 1.165) is 5.57 Å². The van der Waals surface area contributed by atoms with Gasteiger partial charge in [-0.1, -0.05) is 6.92 Å². The Labute approximate surface area is 79.2 Å². The minimum absolute atomic E-state index is 0.0869. The molecule has 0 fully saturated rings. The van der Waals surface area contributed by atoms with Gasteiger partial charge in [0, 0.05) is 12.5 Å². The molecule has 3 heteroatoms. The van der Waals surface area contributed by atoms with Crippen LogP contribution in [0.15, 0.2) is 11.3 Å². The van der Waals surface area contributed by atoms with Crippen molar-refractivity contribution >= 4 is 5.91 Å². The Morgan fingerprint density at radius 2 is 2.15 bits per heavy atom. The molecule has 3 nitrogen and oxygen atoms in total. The van der Waals surface area contributed by atoms with Crippen molar-refractivity contribution in [3.05, 3.63) is 11.3 Å². The zero-order valence-corrected chi connectivity index (χ0v) is 8.68. The number of amides is 1. The first kappa shape index (κ1) is 10.1. The molecule has 0 radical (unpaired) electrons. The van der Waals surface area contributed by atoms with Gasteiger partial charge in [-0.05, 0) is 26.3 Å². The van der Waals surface area contributed by atoms with Gasteiger partial charge in [0.05, 0.1) is 0 Å². The molecule has 1 unspecified atom stereocenters. The van der Waals surface area contributed by atoms with Crippen molar-refractivity contribution in [2.45, 2.75) is 33.8 Å². The Hall–Kier alpha value is -0.990. The van der Waals surface area contributed by atoms with E-state index in [1.165, 1.54) is 0 Å². The average Bonchev–Trinajstić information content (AvgIpc) is 2.33. The number of rotatable bonds is 2. The minimum Gasteiger partial charge on any atom is -0.484 e. The van der Waals surface area contributed by atoms with Crippen molar-refractivity contribution in [1.82, 2.24) is 5.32 Å². The number of nitrogens with one attached hydrogen (secondary N) is 1. The van der Waals surface area contributed by atoms with Gasteiger partial charge >= 0.3 is 0 Å². The second kappa shape index (κ2) is 3.81. The minimum atomic E-state index is -0.0869. The monoisotopic (exact) mass is 183 g/mol. The lowest BCUT2D eigenvalue weighted by molar-refractivity contribution is -0.121. The van der Waals surface area contributed by atoms with Gasteiger partial charge in [0.15, 0.2) is 5.76 Å². The van der Waals surface area contributed by atoms with E-state index < -0.39 is 0 Å². The fraction of sp³-hybridized carbons (Fsp3) is 0.700. The molecule has 1 N–H and O–H groups in total. The van der Waals surface area contributed by atoms with Crippen LogP contribution in [0.4, 0.5) is 0 Å². The SMILES string of the molecule is CCNC(=O)C1=C(C)C(C)[C@H](C)O1. The third kappa shape index (κ3) is 1.85. The molecule has 0 aromatic heterocycles. The summed E-state index contributed by atoms with van der Waals surface area (Å²) in [7, 11) is 0. The van der Waals surface area contributed by atoms with Crippen molar-refractivity contribution in [3.8, 4) is 0 Å². The summed E-state index contributed by atoms with van der Waals surface area (Å²) in [6.07, 6.45) is 0.123. The number of hydrogen-bond donors (Lipinski definition) is 1. The number of carbonyl (C=O) groups is 1. The van der Waals surface area contributed by atoms with Crippen LogP contribution in [-0.2, 0) is 9.53 Å². The van der Waals surface area contributed by atoms with Crippen molar-refractivity contribution in [2.75, 3.05) is 6.54 Å². The Bertz CT molecular complexity index is 245. The van der Waals surface area contributed by atoms with Gasteiger partial charge in [-0.3, -0.25) is 4.79 Å². The van der Waals surface area contributed by atoms with Gasteiger partial charge in [0.2, 0.25) is 0 Å². The van der Waals surface area contributed by atoms with Crippen LogP contribution in [0, 0.1) is 5.92 Å². The number of carbonyl (C=O) groups excluding carboxylic acids is 1. The molecule has 2 atom stereocenters. The molecule has 0 saturated heterocycles. The van der Waals surface area contributed by atoms with Crippen LogP contribution in [0.3, 0.4) is 0 Å². The van der Waals surface area contributed by atoms with E-state index in [4.69, 9.17) is 4.74 Å². The van der Waals surface area contributed by atoms with E-state index in [1.54, 1.807) is 0 Å². The molecule has 0 aromatic rings. The summed E-state index contributed by atoms with van der Waals surface area (Å²) in [5.74, 6) is 0.774. The van der Waals surface area contributed by atoms with E-state index in [0.29, 0.717) is 18.2 Å². The molecule has 0 bridgehead atoms. The van der Waals surface area contributed by atoms with E-state index in [1.807, 2.05) is 20.8 Å². The Morgan fingerprint density at radius 3 is 2.54 bits per heavy atom. The van der Waals surface area contributed by atoms with E-state index in [9.17, 15) is 4.79 Å². The smallest absolute Gasteiger partial charge is 0.286 e. The van der Waals surface area contributed by atoms with Crippen molar-refractivity contribution in [1.29, 1.82) is 0 Å². The third-order valence-electron chi connectivity index (χ3n) is 2.59. The summed E-state index contributed by atoms with van der Waals surface area (Å²) in [6.45, 7) is 8.56. The highest BCUT2D eigenvalue weighted by molar-refractivity contribution is 5.92. The first-order valence-corrected chi connectivity index (χ1v) is 4.73. The van der Waals surface area contributed by atoms with Gasteiger partial charge < -0.3 is 10.1 Å².